The van der Waals surface area contributed by atoms with Gasteiger partial charge >= 0.3 is 11.9 Å². The third-order valence-corrected chi connectivity index (χ3v) is 4.85. The molecule has 0 radical (unpaired) electrons. The lowest BCUT2D eigenvalue weighted by Gasteiger charge is -2.27. The van der Waals surface area contributed by atoms with E-state index < -0.39 is 17.9 Å². The third kappa shape index (κ3) is 4.91. The number of hydrogen-bond donors (Lipinski definition) is 1. The van der Waals surface area contributed by atoms with E-state index in [4.69, 9.17) is 43.1 Å². The van der Waals surface area contributed by atoms with E-state index in [0.717, 1.165) is 0 Å². The zero-order chi connectivity index (χ0) is 21.7. The number of nitrogens with zero attached hydrogens (tertiary/aromatic N) is 1. The van der Waals surface area contributed by atoms with Crippen LogP contribution in [0.5, 0.6) is 0 Å². The van der Waals surface area contributed by atoms with E-state index in [2.05, 4.69) is 6.58 Å². The summed E-state index contributed by atoms with van der Waals surface area (Å²) in [5, 5.41) is 10.0. The number of halogens is 2. The van der Waals surface area contributed by atoms with Crippen molar-refractivity contribution < 1.29 is 23.8 Å². The second kappa shape index (κ2) is 9.50. The Labute approximate surface area is 177 Å². The molecule has 1 aromatic rings. The van der Waals surface area contributed by atoms with E-state index in [1.54, 1.807) is 18.2 Å². The lowest BCUT2D eigenvalue weighted by atomic mass is 9.83. The zero-order valence-corrected chi connectivity index (χ0v) is 17.3. The van der Waals surface area contributed by atoms with Crippen LogP contribution < -0.4 is 5.73 Å². The fourth-order valence-corrected chi connectivity index (χ4v) is 3.09. The number of esters is 2. The van der Waals surface area contributed by atoms with Gasteiger partial charge in [0.25, 0.3) is 0 Å². The molecule has 9 heteroatoms. The fraction of sp³-hybridized carbons (Fsp3) is 0.250. The lowest BCUT2D eigenvalue weighted by molar-refractivity contribution is -0.147. The van der Waals surface area contributed by atoms with Crippen molar-refractivity contribution in [3.63, 3.8) is 0 Å². The molecule has 0 aromatic heterocycles. The van der Waals surface area contributed by atoms with Crippen LogP contribution in [0.1, 0.15) is 25.3 Å². The van der Waals surface area contributed by atoms with Crippen molar-refractivity contribution in [2.75, 3.05) is 13.2 Å². The van der Waals surface area contributed by atoms with E-state index >= 15 is 0 Å². The fourth-order valence-electron chi connectivity index (χ4n) is 2.67. The van der Waals surface area contributed by atoms with Crippen molar-refractivity contribution in [2.24, 2.45) is 5.73 Å². The molecule has 1 heterocycles. The maximum Gasteiger partial charge on any atom is 0.338 e. The van der Waals surface area contributed by atoms with Crippen molar-refractivity contribution >= 4 is 35.1 Å². The largest absolute Gasteiger partial charge is 0.459 e. The van der Waals surface area contributed by atoms with E-state index in [-0.39, 0.29) is 51.6 Å². The van der Waals surface area contributed by atoms with Crippen LogP contribution in [0.15, 0.2) is 53.1 Å². The molecule has 1 aliphatic heterocycles. The molecule has 0 saturated heterocycles. The van der Waals surface area contributed by atoms with Crippen LogP contribution in [0.4, 0.5) is 0 Å². The minimum Gasteiger partial charge on any atom is -0.459 e. The van der Waals surface area contributed by atoms with Crippen molar-refractivity contribution in [3.05, 3.63) is 68.7 Å². The first-order valence-corrected chi connectivity index (χ1v) is 9.16. The predicted molar refractivity (Wildman–Crippen MR) is 107 cm³/mol. The number of hydrogen-bond acceptors (Lipinski definition) is 7. The highest BCUT2D eigenvalue weighted by atomic mass is 35.5. The molecule has 2 N–H and O–H groups in total. The summed E-state index contributed by atoms with van der Waals surface area (Å²) in [5.74, 6) is -2.27. The maximum absolute atomic E-state index is 12.8. The second-order valence-corrected chi connectivity index (χ2v) is 6.88. The van der Waals surface area contributed by atoms with Crippen LogP contribution in [0.25, 0.3) is 0 Å². The normalized spacial score (nSPS) is 16.0. The molecular formula is C20H18Cl2N2O5. The number of nitrogens with two attached hydrogens (primary N) is 1. The molecule has 2 rings (SSSR count). The summed E-state index contributed by atoms with van der Waals surface area (Å²) in [4.78, 5) is 24.2. The van der Waals surface area contributed by atoms with Gasteiger partial charge in [-0.05, 0) is 25.5 Å². The first-order valence-electron chi connectivity index (χ1n) is 8.41. The summed E-state index contributed by atoms with van der Waals surface area (Å²) in [6.45, 7) is 6.12. The molecule has 0 aliphatic carbocycles. The van der Waals surface area contributed by atoms with Gasteiger partial charge in [0.2, 0.25) is 5.88 Å². The minimum atomic E-state index is -0.926. The monoisotopic (exact) mass is 436 g/mol. The molecular weight excluding hydrogens is 419 g/mol. The van der Waals surface area contributed by atoms with Gasteiger partial charge in [0.1, 0.15) is 30.6 Å². The standard InChI is InChI=1S/C20H18Cl2N2O5/c1-10(2)19(25)27-7-8-28-20(26)15-11(3)29-18(24)13(9-23)16(15)12-5-4-6-14(21)17(12)22/h4-6,16H,1,7-8,24H2,2-3H3. The summed E-state index contributed by atoms with van der Waals surface area (Å²) in [6, 6.07) is 6.80. The first kappa shape index (κ1) is 22.3. The number of benzene rings is 1. The van der Waals surface area contributed by atoms with E-state index in [1.807, 2.05) is 6.07 Å². The van der Waals surface area contributed by atoms with Crippen molar-refractivity contribution in [1.29, 1.82) is 5.26 Å². The second-order valence-electron chi connectivity index (χ2n) is 6.09. The molecule has 0 bridgehead atoms. The maximum atomic E-state index is 12.8. The van der Waals surface area contributed by atoms with Crippen LogP contribution >= 0.6 is 23.2 Å². The van der Waals surface area contributed by atoms with Crippen LogP contribution in [0, 0.1) is 11.3 Å². The Hall–Kier alpha value is -2.95. The predicted octanol–water partition coefficient (Wildman–Crippen LogP) is 3.74. The number of ether oxygens (including phenoxy) is 3. The summed E-state index contributed by atoms with van der Waals surface area (Å²) >= 11 is 12.4. The Morgan fingerprint density at radius 3 is 2.59 bits per heavy atom. The topological polar surface area (TPSA) is 112 Å². The molecule has 1 atom stereocenters. The molecule has 7 nitrogen and oxygen atoms in total. The summed E-state index contributed by atoms with van der Waals surface area (Å²) in [6.07, 6.45) is 0. The van der Waals surface area contributed by atoms with Gasteiger partial charge in [-0.2, -0.15) is 5.26 Å². The smallest absolute Gasteiger partial charge is 0.338 e. The summed E-state index contributed by atoms with van der Waals surface area (Å²) in [7, 11) is 0. The number of nitriles is 1. The Kier molecular flexibility index (Phi) is 7.32. The molecule has 0 amide bonds. The number of allylic oxidation sites excluding steroid dienone is 2. The molecule has 1 aliphatic rings. The van der Waals surface area contributed by atoms with Crippen molar-refractivity contribution in [2.45, 2.75) is 19.8 Å². The minimum absolute atomic E-state index is 0.000395. The van der Waals surface area contributed by atoms with Gasteiger partial charge < -0.3 is 19.9 Å². The highest BCUT2D eigenvalue weighted by Gasteiger charge is 2.37. The first-order chi connectivity index (χ1) is 13.7. The number of rotatable bonds is 6. The Morgan fingerprint density at radius 1 is 1.31 bits per heavy atom. The van der Waals surface area contributed by atoms with Crippen molar-refractivity contribution in [3.8, 4) is 6.07 Å². The molecule has 1 aromatic carbocycles. The highest BCUT2D eigenvalue weighted by Crippen LogP contribution is 2.43. The van der Waals surface area contributed by atoms with E-state index in [0.29, 0.717) is 5.56 Å². The molecule has 0 saturated carbocycles. The van der Waals surface area contributed by atoms with Crippen LogP contribution in [0.2, 0.25) is 10.0 Å². The number of carbonyl (C=O) groups is 2. The van der Waals surface area contributed by atoms with Gasteiger partial charge in [-0.15, -0.1) is 0 Å². The zero-order valence-electron chi connectivity index (χ0n) is 15.8. The molecule has 29 heavy (non-hydrogen) atoms. The van der Waals surface area contributed by atoms with Crippen LogP contribution in [-0.2, 0) is 23.8 Å². The molecule has 0 spiro atoms. The highest BCUT2D eigenvalue weighted by molar-refractivity contribution is 6.42. The van der Waals surface area contributed by atoms with Crippen LogP contribution in [-0.4, -0.2) is 25.2 Å². The molecule has 152 valence electrons. The lowest BCUT2D eigenvalue weighted by Crippen LogP contribution is -2.26. The third-order valence-electron chi connectivity index (χ3n) is 4.02. The van der Waals surface area contributed by atoms with Gasteiger partial charge in [-0.25, -0.2) is 9.59 Å². The van der Waals surface area contributed by atoms with Gasteiger partial charge in [0.05, 0.1) is 21.5 Å². The summed E-state index contributed by atoms with van der Waals surface area (Å²) < 4.78 is 15.5. The van der Waals surface area contributed by atoms with E-state index in [9.17, 15) is 14.9 Å². The average Bonchev–Trinajstić information content (AvgIpc) is 2.66. The van der Waals surface area contributed by atoms with Crippen molar-refractivity contribution in [1.82, 2.24) is 0 Å². The number of carbonyl (C=O) groups excluding carboxylic acids is 2. The van der Waals surface area contributed by atoms with Crippen LogP contribution in [0.3, 0.4) is 0 Å². The SMILES string of the molecule is C=C(C)C(=O)OCCOC(=O)C1=C(C)OC(N)=C(C#N)C1c1cccc(Cl)c1Cl. The van der Waals surface area contributed by atoms with Gasteiger partial charge in [-0.1, -0.05) is 41.9 Å². The Bertz CT molecular complexity index is 976. The quantitative estimate of drug-likeness (QED) is 0.410. The Balaban J connectivity index is 2.32. The van der Waals surface area contributed by atoms with E-state index in [1.165, 1.54) is 13.8 Å². The van der Waals surface area contributed by atoms with Gasteiger partial charge in [-0.3, -0.25) is 0 Å². The Morgan fingerprint density at radius 2 is 1.97 bits per heavy atom. The molecule has 0 fully saturated rings. The van der Waals surface area contributed by atoms with Gasteiger partial charge in [0.15, 0.2) is 0 Å². The summed E-state index contributed by atoms with van der Waals surface area (Å²) in [5.41, 5.74) is 6.53. The molecule has 1 unspecified atom stereocenters. The van der Waals surface area contributed by atoms with Gasteiger partial charge in [0, 0.05) is 5.57 Å². The average molecular weight is 437 g/mol.